The van der Waals surface area contributed by atoms with Gasteiger partial charge in [0.05, 0.1) is 29.3 Å². The average molecular weight is 548 g/mol. The Hall–Kier alpha value is -3.28. The summed E-state index contributed by atoms with van der Waals surface area (Å²) in [5.41, 5.74) is -0.156. The quantitative estimate of drug-likeness (QED) is 0.409. The van der Waals surface area contributed by atoms with Gasteiger partial charge in [0.15, 0.2) is 0 Å². The number of amides is 2. The molecule has 1 saturated heterocycles. The molecular formula is C27H28F3N3O4S. The van der Waals surface area contributed by atoms with Crippen LogP contribution in [-0.4, -0.2) is 63.8 Å². The van der Waals surface area contributed by atoms with Gasteiger partial charge >= 0.3 is 6.18 Å². The van der Waals surface area contributed by atoms with Crippen LogP contribution >= 0.6 is 11.3 Å². The van der Waals surface area contributed by atoms with Crippen LogP contribution in [0.1, 0.15) is 57.1 Å². The largest absolute Gasteiger partial charge is 0.416 e. The number of alkyl halides is 3. The molecule has 1 aliphatic rings. The Bertz CT molecular complexity index is 1280. The number of likely N-dealkylation sites (tertiary alicyclic amines) is 1. The van der Waals surface area contributed by atoms with Gasteiger partial charge in [-0.3, -0.25) is 9.59 Å². The van der Waals surface area contributed by atoms with Crippen molar-refractivity contribution in [1.82, 2.24) is 15.2 Å². The molecule has 1 aliphatic heterocycles. The number of nitrogens with zero attached hydrogens (tertiary/aromatic N) is 2. The number of aromatic nitrogens is 1. The lowest BCUT2D eigenvalue weighted by molar-refractivity contribution is -0.137. The van der Waals surface area contributed by atoms with Gasteiger partial charge in [0, 0.05) is 30.0 Å². The molecule has 38 heavy (non-hydrogen) atoms. The van der Waals surface area contributed by atoms with Crippen LogP contribution in [0.3, 0.4) is 0 Å². The van der Waals surface area contributed by atoms with Crippen molar-refractivity contribution < 1.29 is 33.0 Å². The lowest BCUT2D eigenvalue weighted by Crippen LogP contribution is -2.51. The first kappa shape index (κ1) is 27.7. The molecule has 0 saturated carbocycles. The summed E-state index contributed by atoms with van der Waals surface area (Å²) in [5, 5.41) is 23.8. The third kappa shape index (κ3) is 6.06. The Kier molecular flexibility index (Phi) is 8.19. The fourth-order valence-electron chi connectivity index (χ4n) is 4.31. The second-order valence-electron chi connectivity index (χ2n) is 9.59. The Morgan fingerprint density at radius 3 is 2.29 bits per heavy atom. The van der Waals surface area contributed by atoms with Crippen molar-refractivity contribution in [2.24, 2.45) is 0 Å². The van der Waals surface area contributed by atoms with Crippen molar-refractivity contribution in [3.05, 3.63) is 75.7 Å². The van der Waals surface area contributed by atoms with Crippen molar-refractivity contribution in [1.29, 1.82) is 0 Å². The van der Waals surface area contributed by atoms with Crippen LogP contribution < -0.4 is 5.32 Å². The van der Waals surface area contributed by atoms with Gasteiger partial charge in [0.1, 0.15) is 5.69 Å². The topological polar surface area (TPSA) is 103 Å². The van der Waals surface area contributed by atoms with E-state index in [4.69, 9.17) is 0 Å². The lowest BCUT2D eigenvalue weighted by atomic mass is 9.94. The van der Waals surface area contributed by atoms with Crippen molar-refractivity contribution in [2.45, 2.75) is 37.4 Å². The SMILES string of the molecule is CC(CO)(CO)NC(=O)c1csc(C2CCN(C(=O)c3ccccc3-c3ccc(C(F)(F)F)cc3)CC2)n1. The number of carbonyl (C=O) groups is 2. The standard InChI is InChI=1S/C27H28F3N3O4S/c1-26(15-34,16-35)32-23(36)22-14-38-24(31-22)18-10-12-33(13-11-18)25(37)21-5-3-2-4-20(21)17-6-8-19(9-7-17)27(28,29)30/h2-9,14,18,34-35H,10-13,15-16H2,1H3,(H,32,36). The highest BCUT2D eigenvalue weighted by molar-refractivity contribution is 7.09. The number of aliphatic hydroxyl groups is 2. The van der Waals surface area contributed by atoms with E-state index in [0.717, 1.165) is 17.1 Å². The number of halogens is 3. The third-order valence-electron chi connectivity index (χ3n) is 6.68. The first-order chi connectivity index (χ1) is 18.0. The maximum atomic E-state index is 13.4. The molecule has 2 amide bonds. The number of hydrogen-bond donors (Lipinski definition) is 3. The minimum absolute atomic E-state index is 0.0674. The van der Waals surface area contributed by atoms with Crippen LogP contribution in [-0.2, 0) is 6.18 Å². The highest BCUT2D eigenvalue weighted by Gasteiger charge is 2.31. The summed E-state index contributed by atoms with van der Waals surface area (Å²) in [7, 11) is 0. The number of rotatable bonds is 7. The number of nitrogens with one attached hydrogen (secondary N) is 1. The van der Waals surface area contributed by atoms with Gasteiger partial charge in [-0.25, -0.2) is 4.98 Å². The fourth-order valence-corrected chi connectivity index (χ4v) is 5.28. The molecule has 7 nitrogen and oxygen atoms in total. The summed E-state index contributed by atoms with van der Waals surface area (Å²) in [4.78, 5) is 32.1. The first-order valence-corrected chi connectivity index (χ1v) is 13.0. The van der Waals surface area contributed by atoms with E-state index in [1.165, 1.54) is 30.4 Å². The zero-order valence-electron chi connectivity index (χ0n) is 20.7. The van der Waals surface area contributed by atoms with Gasteiger partial charge in [-0.05, 0) is 49.1 Å². The van der Waals surface area contributed by atoms with Gasteiger partial charge in [-0.1, -0.05) is 30.3 Å². The van der Waals surface area contributed by atoms with Crippen LogP contribution in [0.4, 0.5) is 13.2 Å². The van der Waals surface area contributed by atoms with E-state index in [1.54, 1.807) is 34.5 Å². The van der Waals surface area contributed by atoms with Gasteiger partial charge < -0.3 is 20.4 Å². The zero-order valence-corrected chi connectivity index (χ0v) is 21.5. The summed E-state index contributed by atoms with van der Waals surface area (Å²) in [6.45, 7) is 1.64. The van der Waals surface area contributed by atoms with Crippen molar-refractivity contribution in [3.63, 3.8) is 0 Å². The molecule has 202 valence electrons. The molecule has 0 spiro atoms. The molecule has 2 aromatic carbocycles. The van der Waals surface area contributed by atoms with Crippen molar-refractivity contribution in [3.8, 4) is 11.1 Å². The number of thiazole rings is 1. The van der Waals surface area contributed by atoms with Crippen LogP contribution in [0.5, 0.6) is 0 Å². The molecular weight excluding hydrogens is 519 g/mol. The number of aliphatic hydroxyl groups excluding tert-OH is 2. The van der Waals surface area contributed by atoms with Gasteiger partial charge in [0.25, 0.3) is 11.8 Å². The second kappa shape index (κ2) is 11.2. The summed E-state index contributed by atoms with van der Waals surface area (Å²) >= 11 is 1.35. The Balaban J connectivity index is 1.42. The molecule has 11 heteroatoms. The lowest BCUT2D eigenvalue weighted by Gasteiger charge is -2.31. The van der Waals surface area contributed by atoms with Gasteiger partial charge in [-0.15, -0.1) is 11.3 Å². The smallest absolute Gasteiger partial charge is 0.394 e. The Morgan fingerprint density at radius 2 is 1.68 bits per heavy atom. The maximum absolute atomic E-state index is 13.4. The average Bonchev–Trinajstić information content (AvgIpc) is 3.43. The van der Waals surface area contributed by atoms with Gasteiger partial charge in [-0.2, -0.15) is 13.2 Å². The van der Waals surface area contributed by atoms with Gasteiger partial charge in [0.2, 0.25) is 0 Å². The molecule has 3 aromatic rings. The van der Waals surface area contributed by atoms with E-state index in [1.807, 2.05) is 0 Å². The molecule has 0 bridgehead atoms. The zero-order chi connectivity index (χ0) is 27.5. The van der Waals surface area contributed by atoms with Crippen LogP contribution in [0.2, 0.25) is 0 Å². The van der Waals surface area contributed by atoms with E-state index in [-0.39, 0.29) is 17.5 Å². The maximum Gasteiger partial charge on any atom is 0.416 e. The predicted octanol–water partition coefficient (Wildman–Crippen LogP) is 4.32. The highest BCUT2D eigenvalue weighted by Crippen LogP contribution is 2.34. The molecule has 4 rings (SSSR count). The predicted molar refractivity (Wildman–Crippen MR) is 137 cm³/mol. The summed E-state index contributed by atoms with van der Waals surface area (Å²) in [6.07, 6.45) is -3.14. The first-order valence-electron chi connectivity index (χ1n) is 12.1. The number of carbonyl (C=O) groups excluding carboxylic acids is 2. The third-order valence-corrected chi connectivity index (χ3v) is 7.69. The minimum atomic E-state index is -4.43. The number of benzene rings is 2. The molecule has 0 atom stereocenters. The normalized spacial score (nSPS) is 14.9. The van der Waals surface area contributed by atoms with E-state index < -0.39 is 36.4 Å². The molecule has 3 N–H and O–H groups in total. The fraction of sp³-hybridized carbons (Fsp3) is 0.370. The number of hydrogen-bond acceptors (Lipinski definition) is 6. The molecule has 0 aliphatic carbocycles. The molecule has 1 aromatic heterocycles. The summed E-state index contributed by atoms with van der Waals surface area (Å²) in [6, 6.07) is 11.7. The Labute approximate surface area is 221 Å². The van der Waals surface area contributed by atoms with Crippen molar-refractivity contribution >= 4 is 23.2 Å². The van der Waals surface area contributed by atoms with Crippen molar-refractivity contribution in [2.75, 3.05) is 26.3 Å². The Morgan fingerprint density at radius 1 is 1.05 bits per heavy atom. The molecule has 0 unspecified atom stereocenters. The minimum Gasteiger partial charge on any atom is -0.394 e. The molecule has 0 radical (unpaired) electrons. The number of piperidine rings is 1. The summed E-state index contributed by atoms with van der Waals surface area (Å²) < 4.78 is 38.9. The van der Waals surface area contributed by atoms with E-state index in [2.05, 4.69) is 10.3 Å². The monoisotopic (exact) mass is 547 g/mol. The summed E-state index contributed by atoms with van der Waals surface area (Å²) in [5.74, 6) is -0.603. The van der Waals surface area contributed by atoms with Crippen LogP contribution in [0, 0.1) is 0 Å². The van der Waals surface area contributed by atoms with Crippen LogP contribution in [0.25, 0.3) is 11.1 Å². The van der Waals surface area contributed by atoms with Crippen LogP contribution in [0.15, 0.2) is 53.9 Å². The highest BCUT2D eigenvalue weighted by atomic mass is 32.1. The van der Waals surface area contributed by atoms with E-state index in [9.17, 15) is 33.0 Å². The van der Waals surface area contributed by atoms with E-state index in [0.29, 0.717) is 42.6 Å². The second-order valence-corrected chi connectivity index (χ2v) is 10.5. The molecule has 2 heterocycles. The van der Waals surface area contributed by atoms with E-state index >= 15 is 0 Å². The molecule has 1 fully saturated rings.